The van der Waals surface area contributed by atoms with Gasteiger partial charge >= 0.3 is 0 Å². The molecule has 0 aromatic heterocycles. The van der Waals surface area contributed by atoms with Crippen molar-refractivity contribution < 1.29 is 18.7 Å². The average molecular weight is 646 g/mol. The van der Waals surface area contributed by atoms with Crippen molar-refractivity contribution in [2.24, 2.45) is 0 Å². The van der Waals surface area contributed by atoms with Gasteiger partial charge in [0.25, 0.3) is 11.1 Å². The maximum Gasteiger partial charge on any atom is 0.293 e. The van der Waals surface area contributed by atoms with E-state index in [1.165, 1.54) is 6.07 Å². The van der Waals surface area contributed by atoms with Crippen molar-refractivity contribution >= 4 is 84.0 Å². The van der Waals surface area contributed by atoms with E-state index in [-0.39, 0.29) is 24.2 Å². The quantitative estimate of drug-likeness (QED) is 0.252. The lowest BCUT2D eigenvalue weighted by Gasteiger charge is -2.13. The summed E-state index contributed by atoms with van der Waals surface area (Å²) in [6, 6.07) is 14.9. The Morgan fingerprint density at radius 2 is 1.71 bits per heavy atom. The molecule has 1 aliphatic rings. The first-order valence-electron chi connectivity index (χ1n) is 9.77. The number of nitrogens with zero attached hydrogens (tertiary/aromatic N) is 1. The predicted octanol–water partition coefficient (Wildman–Crippen LogP) is 8.47. The molecule has 0 saturated carbocycles. The van der Waals surface area contributed by atoms with Gasteiger partial charge in [-0.2, -0.15) is 0 Å². The molecule has 0 N–H and O–H groups in total. The number of ether oxygens (including phenoxy) is 1. The molecule has 4 nitrogen and oxygen atoms in total. The van der Waals surface area contributed by atoms with Crippen LogP contribution in [0, 0.1) is 5.82 Å². The second-order valence-corrected chi connectivity index (χ2v) is 10.7. The largest absolute Gasteiger partial charge is 0.486 e. The smallest absolute Gasteiger partial charge is 0.293 e. The standard InChI is InChI=1S/C24H14Br2Cl2FNO3S/c25-16-7-14(8-17(26)22(16)33-12-15-3-1-2-4-20(15)29)10-21-23(31)30(24(32)34-21)11-13-5-6-18(27)19(28)9-13/h1-10H,11-12H2/b21-10-. The lowest BCUT2D eigenvalue weighted by atomic mass is 10.2. The van der Waals surface area contributed by atoms with Gasteiger partial charge in [0.1, 0.15) is 18.2 Å². The lowest BCUT2D eigenvalue weighted by molar-refractivity contribution is -0.123. The van der Waals surface area contributed by atoms with Gasteiger partial charge in [-0.25, -0.2) is 4.39 Å². The van der Waals surface area contributed by atoms with Crippen LogP contribution < -0.4 is 4.74 Å². The highest BCUT2D eigenvalue weighted by Gasteiger charge is 2.35. The molecule has 3 aromatic carbocycles. The highest BCUT2D eigenvalue weighted by molar-refractivity contribution is 9.11. The van der Waals surface area contributed by atoms with E-state index < -0.39 is 5.91 Å². The number of thioether (sulfide) groups is 1. The Bertz CT molecular complexity index is 1310. The first-order valence-corrected chi connectivity index (χ1v) is 12.9. The maximum atomic E-state index is 13.9. The molecule has 34 heavy (non-hydrogen) atoms. The number of hydrogen-bond donors (Lipinski definition) is 0. The number of carbonyl (C=O) groups excluding carboxylic acids is 2. The molecular weight excluding hydrogens is 632 g/mol. The Hall–Kier alpha value is -1.84. The second-order valence-electron chi connectivity index (χ2n) is 7.21. The van der Waals surface area contributed by atoms with Gasteiger partial charge in [0.05, 0.1) is 30.4 Å². The van der Waals surface area contributed by atoms with Gasteiger partial charge in [-0.1, -0.05) is 47.5 Å². The van der Waals surface area contributed by atoms with Crippen LogP contribution in [0.5, 0.6) is 5.75 Å². The first kappa shape index (κ1) is 25.3. The number of halogens is 5. The fourth-order valence-corrected chi connectivity index (χ4v) is 5.78. The van der Waals surface area contributed by atoms with Gasteiger partial charge in [-0.15, -0.1) is 0 Å². The zero-order chi connectivity index (χ0) is 24.4. The van der Waals surface area contributed by atoms with Crippen LogP contribution in [-0.4, -0.2) is 16.0 Å². The van der Waals surface area contributed by atoms with Crippen LogP contribution in [0.1, 0.15) is 16.7 Å². The number of rotatable bonds is 6. The molecule has 0 spiro atoms. The second kappa shape index (κ2) is 10.8. The summed E-state index contributed by atoms with van der Waals surface area (Å²) in [5, 5.41) is 0.385. The molecule has 2 amide bonds. The Morgan fingerprint density at radius 3 is 2.38 bits per heavy atom. The molecule has 0 bridgehead atoms. The molecular formula is C24H14Br2Cl2FNO3S. The molecule has 0 aliphatic carbocycles. The molecule has 1 saturated heterocycles. The van der Waals surface area contributed by atoms with E-state index >= 15 is 0 Å². The van der Waals surface area contributed by atoms with E-state index in [9.17, 15) is 14.0 Å². The van der Waals surface area contributed by atoms with E-state index in [1.54, 1.807) is 54.6 Å². The summed E-state index contributed by atoms with van der Waals surface area (Å²) >= 11 is 19.8. The Labute approximate surface area is 226 Å². The van der Waals surface area contributed by atoms with E-state index in [1.807, 2.05) is 0 Å². The molecule has 0 radical (unpaired) electrons. The Balaban J connectivity index is 1.51. The van der Waals surface area contributed by atoms with Gasteiger partial charge < -0.3 is 4.74 Å². The van der Waals surface area contributed by atoms with Gasteiger partial charge in [0.15, 0.2) is 0 Å². The third-order valence-electron chi connectivity index (χ3n) is 4.85. The minimum atomic E-state index is -0.395. The highest BCUT2D eigenvalue weighted by Crippen LogP contribution is 2.38. The van der Waals surface area contributed by atoms with Crippen molar-refractivity contribution in [3.05, 3.63) is 101 Å². The minimum Gasteiger partial charge on any atom is -0.486 e. The summed E-state index contributed by atoms with van der Waals surface area (Å²) in [6.45, 7) is 0.145. The number of carbonyl (C=O) groups is 2. The fourth-order valence-electron chi connectivity index (χ4n) is 3.17. The van der Waals surface area contributed by atoms with Gasteiger partial charge in [0.2, 0.25) is 0 Å². The van der Waals surface area contributed by atoms with Crippen molar-refractivity contribution in [3.8, 4) is 5.75 Å². The van der Waals surface area contributed by atoms with Crippen molar-refractivity contribution in [1.82, 2.24) is 4.90 Å². The summed E-state index contributed by atoms with van der Waals surface area (Å²) in [7, 11) is 0. The topological polar surface area (TPSA) is 46.6 Å². The molecule has 1 fully saturated rings. The van der Waals surface area contributed by atoms with Crippen molar-refractivity contribution in [2.45, 2.75) is 13.2 Å². The lowest BCUT2D eigenvalue weighted by Crippen LogP contribution is -2.27. The van der Waals surface area contributed by atoms with Crippen LogP contribution in [-0.2, 0) is 17.9 Å². The maximum absolute atomic E-state index is 13.9. The summed E-state index contributed by atoms with van der Waals surface area (Å²) in [5.74, 6) is -0.246. The van der Waals surface area contributed by atoms with Crippen molar-refractivity contribution in [2.75, 3.05) is 0 Å². The molecule has 1 heterocycles. The van der Waals surface area contributed by atoms with Gasteiger partial charge in [-0.3, -0.25) is 14.5 Å². The highest BCUT2D eigenvalue weighted by atomic mass is 79.9. The third-order valence-corrected chi connectivity index (χ3v) is 7.67. The first-order chi connectivity index (χ1) is 16.2. The zero-order valence-corrected chi connectivity index (χ0v) is 22.7. The average Bonchev–Trinajstić information content (AvgIpc) is 3.04. The summed E-state index contributed by atoms with van der Waals surface area (Å²) < 4.78 is 20.9. The SMILES string of the molecule is O=C1S/C(=C\c2cc(Br)c(OCc3ccccc3F)c(Br)c2)C(=O)N1Cc1ccc(Cl)c(Cl)c1. The summed E-state index contributed by atoms with van der Waals surface area (Å²) in [5.41, 5.74) is 1.80. The van der Waals surface area contributed by atoms with Gasteiger partial charge in [0, 0.05) is 5.56 Å². The minimum absolute atomic E-state index is 0.0524. The Morgan fingerprint density at radius 1 is 1.00 bits per heavy atom. The van der Waals surface area contributed by atoms with Crippen molar-refractivity contribution in [1.29, 1.82) is 0 Å². The summed E-state index contributed by atoms with van der Waals surface area (Å²) in [4.78, 5) is 26.8. The number of hydrogen-bond acceptors (Lipinski definition) is 4. The summed E-state index contributed by atoms with van der Waals surface area (Å²) in [6.07, 6.45) is 1.63. The number of imide groups is 1. The molecule has 0 atom stereocenters. The van der Waals surface area contributed by atoms with Gasteiger partial charge in [-0.05, 0) is 91.2 Å². The third kappa shape index (κ3) is 5.69. The number of amides is 2. The fraction of sp³-hybridized carbons (Fsp3) is 0.0833. The van der Waals surface area contributed by atoms with Crippen LogP contribution >= 0.6 is 66.8 Å². The Kier molecular flexibility index (Phi) is 8.05. The van der Waals surface area contributed by atoms with E-state index in [4.69, 9.17) is 27.9 Å². The van der Waals surface area contributed by atoms with Crippen LogP contribution in [0.15, 0.2) is 68.4 Å². The van der Waals surface area contributed by atoms with Crippen LogP contribution in [0.3, 0.4) is 0 Å². The van der Waals surface area contributed by atoms with Crippen LogP contribution in [0.2, 0.25) is 10.0 Å². The monoisotopic (exact) mass is 643 g/mol. The van der Waals surface area contributed by atoms with Crippen LogP contribution in [0.4, 0.5) is 9.18 Å². The molecule has 4 rings (SSSR count). The number of benzene rings is 3. The molecule has 174 valence electrons. The van der Waals surface area contributed by atoms with E-state index in [0.29, 0.717) is 46.3 Å². The molecule has 3 aromatic rings. The molecule has 1 aliphatic heterocycles. The van der Waals surface area contributed by atoms with E-state index in [0.717, 1.165) is 16.7 Å². The predicted molar refractivity (Wildman–Crippen MR) is 141 cm³/mol. The molecule has 0 unspecified atom stereocenters. The van der Waals surface area contributed by atoms with Crippen LogP contribution in [0.25, 0.3) is 6.08 Å². The zero-order valence-electron chi connectivity index (χ0n) is 17.2. The van der Waals surface area contributed by atoms with E-state index in [2.05, 4.69) is 31.9 Å². The van der Waals surface area contributed by atoms with Crippen molar-refractivity contribution in [3.63, 3.8) is 0 Å². The molecule has 10 heteroatoms. The normalized spacial score (nSPS) is 14.9.